The molecule has 180 valence electrons. The first kappa shape index (κ1) is 23.8. The van der Waals surface area contributed by atoms with Crippen LogP contribution in [0.1, 0.15) is 56.1 Å². The van der Waals surface area contributed by atoms with E-state index in [1.54, 1.807) is 0 Å². The van der Waals surface area contributed by atoms with Gasteiger partial charge in [-0.3, -0.25) is 4.79 Å². The summed E-state index contributed by atoms with van der Waals surface area (Å²) in [6.45, 7) is 1.84. The van der Waals surface area contributed by atoms with E-state index in [0.29, 0.717) is 12.8 Å². The first-order valence-corrected chi connectivity index (χ1v) is 11.9. The van der Waals surface area contributed by atoms with Gasteiger partial charge in [-0.05, 0) is 42.0 Å². The summed E-state index contributed by atoms with van der Waals surface area (Å²) in [7, 11) is 1.52. The van der Waals surface area contributed by atoms with Crippen molar-refractivity contribution in [1.29, 1.82) is 0 Å². The minimum atomic E-state index is -1.05. The number of carbonyl (C=O) groups excluding carboxylic acids is 2. The molecule has 1 unspecified atom stereocenters. The summed E-state index contributed by atoms with van der Waals surface area (Å²) < 4.78 is 5.63. The van der Waals surface area contributed by atoms with E-state index < -0.39 is 23.5 Å². The molecule has 1 fully saturated rings. The van der Waals surface area contributed by atoms with Crippen LogP contribution in [-0.2, 0) is 14.3 Å². The Bertz CT molecular complexity index is 1030. The highest BCUT2D eigenvalue weighted by atomic mass is 16.5. The Labute approximate surface area is 200 Å². The van der Waals surface area contributed by atoms with Crippen molar-refractivity contribution < 1.29 is 24.2 Å². The Kier molecular flexibility index (Phi) is 6.91. The van der Waals surface area contributed by atoms with Gasteiger partial charge in [0.05, 0.1) is 5.41 Å². The molecule has 1 saturated carbocycles. The van der Waals surface area contributed by atoms with Crippen LogP contribution in [0.25, 0.3) is 11.1 Å². The van der Waals surface area contributed by atoms with Crippen molar-refractivity contribution in [3.63, 3.8) is 0 Å². The van der Waals surface area contributed by atoms with Gasteiger partial charge in [-0.15, -0.1) is 0 Å². The summed E-state index contributed by atoms with van der Waals surface area (Å²) in [6, 6.07) is 15.4. The fourth-order valence-electron chi connectivity index (χ4n) is 5.30. The van der Waals surface area contributed by atoms with E-state index in [0.717, 1.165) is 41.5 Å². The predicted octanol–water partition coefficient (Wildman–Crippen LogP) is 4.41. The van der Waals surface area contributed by atoms with E-state index in [9.17, 15) is 19.5 Å². The number of carbonyl (C=O) groups is 3. The first-order chi connectivity index (χ1) is 16.3. The number of nitrogens with one attached hydrogen (secondary N) is 1. The molecule has 34 heavy (non-hydrogen) atoms. The predicted molar refractivity (Wildman–Crippen MR) is 128 cm³/mol. The maximum atomic E-state index is 13.3. The number of carboxylic acid groups (broad SMARTS) is 1. The van der Waals surface area contributed by atoms with Crippen LogP contribution in [0.4, 0.5) is 4.79 Å². The van der Waals surface area contributed by atoms with Gasteiger partial charge in [-0.1, -0.05) is 67.8 Å². The van der Waals surface area contributed by atoms with E-state index in [2.05, 4.69) is 29.6 Å². The van der Waals surface area contributed by atoms with Gasteiger partial charge in [0.25, 0.3) is 0 Å². The summed E-state index contributed by atoms with van der Waals surface area (Å²) >= 11 is 0. The molecule has 0 aliphatic heterocycles. The molecular weight excluding hydrogens is 432 g/mol. The van der Waals surface area contributed by atoms with Gasteiger partial charge in [0.1, 0.15) is 12.6 Å². The van der Waals surface area contributed by atoms with Crippen molar-refractivity contribution in [3.05, 3.63) is 59.7 Å². The fraction of sp³-hybridized carbons (Fsp3) is 0.444. The molecule has 2 aromatic carbocycles. The van der Waals surface area contributed by atoms with E-state index in [4.69, 9.17) is 4.74 Å². The van der Waals surface area contributed by atoms with Crippen LogP contribution in [-0.4, -0.2) is 54.2 Å². The molecule has 2 N–H and O–H groups in total. The summed E-state index contributed by atoms with van der Waals surface area (Å²) in [4.78, 5) is 38.7. The summed E-state index contributed by atoms with van der Waals surface area (Å²) in [6.07, 6.45) is 3.44. The van der Waals surface area contributed by atoms with Crippen LogP contribution in [0.3, 0.4) is 0 Å². The molecule has 0 saturated heterocycles. The highest BCUT2D eigenvalue weighted by Crippen LogP contribution is 2.44. The summed E-state index contributed by atoms with van der Waals surface area (Å²) in [5.41, 5.74) is 3.80. The van der Waals surface area contributed by atoms with Crippen LogP contribution < -0.4 is 5.32 Å². The molecule has 0 aromatic heterocycles. The third-order valence-electron chi connectivity index (χ3n) is 7.44. The highest BCUT2D eigenvalue weighted by molar-refractivity contribution is 5.88. The van der Waals surface area contributed by atoms with Crippen molar-refractivity contribution >= 4 is 18.0 Å². The van der Waals surface area contributed by atoms with Crippen molar-refractivity contribution in [2.75, 3.05) is 20.2 Å². The molecule has 2 aromatic rings. The van der Waals surface area contributed by atoms with Crippen molar-refractivity contribution in [3.8, 4) is 11.1 Å². The molecule has 2 amide bonds. The molecule has 2 aliphatic carbocycles. The van der Waals surface area contributed by atoms with E-state index in [1.807, 2.05) is 24.3 Å². The molecule has 0 bridgehead atoms. The largest absolute Gasteiger partial charge is 0.480 e. The minimum Gasteiger partial charge on any atom is -0.480 e. The number of aliphatic carboxylic acids is 1. The Balaban J connectivity index is 1.41. The van der Waals surface area contributed by atoms with Crippen molar-refractivity contribution in [2.24, 2.45) is 5.41 Å². The molecule has 7 heteroatoms. The van der Waals surface area contributed by atoms with E-state index >= 15 is 0 Å². The highest BCUT2D eigenvalue weighted by Gasteiger charge is 2.43. The zero-order chi connectivity index (χ0) is 24.3. The third kappa shape index (κ3) is 4.52. The minimum absolute atomic E-state index is 0.0361. The number of carboxylic acids is 1. The van der Waals surface area contributed by atoms with Gasteiger partial charge in [0, 0.05) is 19.5 Å². The number of hydrogen-bond donors (Lipinski definition) is 2. The molecule has 2 aliphatic rings. The SMILES string of the molecule is CC(C(=O)O)N(C)C(=O)C1(CNC(=O)OCC2c3ccccc3-c3ccccc32)CCCCC1. The molecular formula is C27H32N2O5. The topological polar surface area (TPSA) is 95.9 Å². The number of rotatable bonds is 7. The van der Waals surface area contributed by atoms with Gasteiger partial charge in [0.15, 0.2) is 0 Å². The monoisotopic (exact) mass is 464 g/mol. The average Bonchev–Trinajstić information content (AvgIpc) is 3.19. The fourth-order valence-corrected chi connectivity index (χ4v) is 5.30. The number of hydrogen-bond acceptors (Lipinski definition) is 4. The van der Waals surface area contributed by atoms with Gasteiger partial charge in [0.2, 0.25) is 5.91 Å². The zero-order valence-electron chi connectivity index (χ0n) is 19.8. The molecule has 7 nitrogen and oxygen atoms in total. The van der Waals surface area contributed by atoms with Crippen LogP contribution in [0.15, 0.2) is 48.5 Å². The molecule has 0 radical (unpaired) electrons. The lowest BCUT2D eigenvalue weighted by atomic mass is 9.72. The van der Waals surface area contributed by atoms with Crippen LogP contribution in [0, 0.1) is 5.41 Å². The Morgan fingerprint density at radius 1 is 1.03 bits per heavy atom. The number of benzene rings is 2. The lowest BCUT2D eigenvalue weighted by Gasteiger charge is -2.39. The number of nitrogens with zero attached hydrogens (tertiary/aromatic N) is 1. The maximum absolute atomic E-state index is 13.3. The van der Waals surface area contributed by atoms with Crippen LogP contribution in [0.5, 0.6) is 0 Å². The van der Waals surface area contributed by atoms with Gasteiger partial charge < -0.3 is 20.1 Å². The lowest BCUT2D eigenvalue weighted by Crippen LogP contribution is -2.53. The third-order valence-corrected chi connectivity index (χ3v) is 7.44. The second-order valence-electron chi connectivity index (χ2n) is 9.45. The average molecular weight is 465 g/mol. The van der Waals surface area contributed by atoms with Crippen LogP contribution >= 0.6 is 0 Å². The number of likely N-dealkylation sites (N-methyl/N-ethyl adjacent to an activating group) is 1. The Morgan fingerprint density at radius 3 is 2.15 bits per heavy atom. The second-order valence-corrected chi connectivity index (χ2v) is 9.45. The van der Waals surface area contributed by atoms with Crippen molar-refractivity contribution in [2.45, 2.75) is 51.0 Å². The molecule has 0 heterocycles. The lowest BCUT2D eigenvalue weighted by molar-refractivity contribution is -0.154. The number of fused-ring (bicyclic) bond motifs is 3. The van der Waals surface area contributed by atoms with Gasteiger partial charge in [-0.25, -0.2) is 9.59 Å². The van der Waals surface area contributed by atoms with Gasteiger partial charge in [-0.2, -0.15) is 0 Å². The standard InChI is InChI=1S/C27H32N2O5/c1-18(24(30)31)29(2)25(32)27(14-8-3-9-15-27)17-28-26(33)34-16-23-21-12-6-4-10-19(21)20-11-5-7-13-22(20)23/h4-7,10-13,18,23H,3,8-9,14-17H2,1-2H3,(H,28,33)(H,30,31). The molecule has 4 rings (SSSR count). The number of alkyl carbamates (subject to hydrolysis) is 1. The smallest absolute Gasteiger partial charge is 0.407 e. The summed E-state index contributed by atoms with van der Waals surface area (Å²) in [5, 5.41) is 12.1. The van der Waals surface area contributed by atoms with Gasteiger partial charge >= 0.3 is 12.1 Å². The number of amides is 2. The Morgan fingerprint density at radius 2 is 1.59 bits per heavy atom. The van der Waals surface area contributed by atoms with Crippen LogP contribution in [0.2, 0.25) is 0 Å². The van der Waals surface area contributed by atoms with E-state index in [-0.39, 0.29) is 25.0 Å². The maximum Gasteiger partial charge on any atom is 0.407 e. The Hall–Kier alpha value is -3.35. The number of ether oxygens (including phenoxy) is 1. The quantitative estimate of drug-likeness (QED) is 0.633. The first-order valence-electron chi connectivity index (χ1n) is 11.9. The summed E-state index contributed by atoms with van der Waals surface area (Å²) in [5.74, 6) is -1.32. The molecule has 1 atom stereocenters. The van der Waals surface area contributed by atoms with E-state index in [1.165, 1.54) is 18.9 Å². The zero-order valence-corrected chi connectivity index (χ0v) is 19.8. The van der Waals surface area contributed by atoms with Crippen molar-refractivity contribution in [1.82, 2.24) is 10.2 Å². The second kappa shape index (κ2) is 9.87. The molecule has 0 spiro atoms. The normalized spacial score (nSPS) is 17.2.